The lowest BCUT2D eigenvalue weighted by Gasteiger charge is -2.15. The van der Waals surface area contributed by atoms with Gasteiger partial charge in [-0.15, -0.1) is 0 Å². The van der Waals surface area contributed by atoms with Gasteiger partial charge < -0.3 is 15.0 Å². The first-order valence-electron chi connectivity index (χ1n) is 7.13. The molecule has 0 fully saturated rings. The zero-order valence-corrected chi connectivity index (χ0v) is 11.7. The zero-order chi connectivity index (χ0) is 13.2. The van der Waals surface area contributed by atoms with E-state index in [1.807, 2.05) is 12.4 Å². The molecule has 4 heteroatoms. The number of hydrogen-bond acceptors (Lipinski definition) is 3. The predicted molar refractivity (Wildman–Crippen MR) is 74.3 cm³/mol. The highest BCUT2D eigenvalue weighted by molar-refractivity contribution is 4.91. The van der Waals surface area contributed by atoms with Gasteiger partial charge in [-0.3, -0.25) is 0 Å². The smallest absolute Gasteiger partial charge is 0.122 e. The second kappa shape index (κ2) is 9.11. The number of aryl methyl sites for hydroxylation is 1. The second-order valence-electron chi connectivity index (χ2n) is 4.83. The van der Waals surface area contributed by atoms with Gasteiger partial charge in [0.25, 0.3) is 0 Å². The molecular weight excluding hydrogens is 226 g/mol. The molecule has 18 heavy (non-hydrogen) atoms. The normalized spacial score (nSPS) is 12.8. The van der Waals surface area contributed by atoms with Crippen LogP contribution in [0.3, 0.4) is 0 Å². The molecule has 1 aromatic heterocycles. The van der Waals surface area contributed by atoms with Crippen LogP contribution in [0.2, 0.25) is 0 Å². The summed E-state index contributed by atoms with van der Waals surface area (Å²) in [5, 5.41) is 12.5. The molecule has 1 aromatic rings. The molecule has 0 saturated carbocycles. The predicted octanol–water partition coefficient (Wildman–Crippen LogP) is 2.18. The standard InChI is InChI=1S/C14H27N3O/c1-3-5-13(6-10-18)11-15-12-14-16-7-9-17(14)8-4-2/h7,9,13,15,18H,3-6,8,10-12H2,1-2H3. The fraction of sp³-hybridized carbons (Fsp3) is 0.786. The summed E-state index contributed by atoms with van der Waals surface area (Å²) in [4.78, 5) is 4.37. The van der Waals surface area contributed by atoms with Gasteiger partial charge in [0.1, 0.15) is 5.82 Å². The van der Waals surface area contributed by atoms with Gasteiger partial charge in [-0.05, 0) is 31.7 Å². The summed E-state index contributed by atoms with van der Waals surface area (Å²) in [6.07, 6.45) is 8.28. The number of aliphatic hydroxyl groups excluding tert-OH is 1. The Morgan fingerprint density at radius 2 is 2.17 bits per heavy atom. The van der Waals surface area contributed by atoms with Gasteiger partial charge in [-0.2, -0.15) is 0 Å². The molecule has 0 bridgehead atoms. The van der Waals surface area contributed by atoms with Crippen LogP contribution in [-0.2, 0) is 13.1 Å². The molecule has 2 N–H and O–H groups in total. The van der Waals surface area contributed by atoms with E-state index >= 15 is 0 Å². The molecule has 0 radical (unpaired) electrons. The van der Waals surface area contributed by atoms with E-state index in [-0.39, 0.29) is 6.61 Å². The van der Waals surface area contributed by atoms with Crippen molar-refractivity contribution < 1.29 is 5.11 Å². The van der Waals surface area contributed by atoms with Crippen LogP contribution < -0.4 is 5.32 Å². The van der Waals surface area contributed by atoms with Gasteiger partial charge in [-0.25, -0.2) is 4.98 Å². The highest BCUT2D eigenvalue weighted by Crippen LogP contribution is 2.09. The van der Waals surface area contributed by atoms with E-state index in [0.717, 1.165) is 38.3 Å². The summed E-state index contributed by atoms with van der Waals surface area (Å²) in [7, 11) is 0. The Bertz CT molecular complexity index is 306. The van der Waals surface area contributed by atoms with Crippen molar-refractivity contribution in [3.8, 4) is 0 Å². The Kier molecular flexibility index (Phi) is 7.69. The quantitative estimate of drug-likeness (QED) is 0.672. The first kappa shape index (κ1) is 15.2. The van der Waals surface area contributed by atoms with E-state index in [2.05, 4.69) is 28.7 Å². The fourth-order valence-corrected chi connectivity index (χ4v) is 2.28. The van der Waals surface area contributed by atoms with Crippen molar-refractivity contribution in [2.24, 2.45) is 5.92 Å². The van der Waals surface area contributed by atoms with Crippen molar-refractivity contribution in [2.75, 3.05) is 13.2 Å². The van der Waals surface area contributed by atoms with Gasteiger partial charge in [-0.1, -0.05) is 20.3 Å². The minimum atomic E-state index is 0.289. The van der Waals surface area contributed by atoms with Gasteiger partial charge >= 0.3 is 0 Å². The largest absolute Gasteiger partial charge is 0.396 e. The van der Waals surface area contributed by atoms with Crippen molar-refractivity contribution in [3.63, 3.8) is 0 Å². The minimum absolute atomic E-state index is 0.289. The maximum Gasteiger partial charge on any atom is 0.122 e. The van der Waals surface area contributed by atoms with Gasteiger partial charge in [0, 0.05) is 25.5 Å². The summed E-state index contributed by atoms with van der Waals surface area (Å²) in [6.45, 7) is 7.48. The first-order chi connectivity index (χ1) is 8.81. The van der Waals surface area contributed by atoms with E-state index in [1.54, 1.807) is 0 Å². The molecule has 0 aliphatic carbocycles. The van der Waals surface area contributed by atoms with Crippen LogP contribution in [0.5, 0.6) is 0 Å². The van der Waals surface area contributed by atoms with Gasteiger partial charge in [0.2, 0.25) is 0 Å². The minimum Gasteiger partial charge on any atom is -0.396 e. The third kappa shape index (κ3) is 5.19. The van der Waals surface area contributed by atoms with E-state index in [0.29, 0.717) is 5.92 Å². The monoisotopic (exact) mass is 253 g/mol. The van der Waals surface area contributed by atoms with Gasteiger partial charge in [0.15, 0.2) is 0 Å². The van der Waals surface area contributed by atoms with Crippen molar-refractivity contribution in [1.29, 1.82) is 0 Å². The Hall–Kier alpha value is -0.870. The number of nitrogens with zero attached hydrogens (tertiary/aromatic N) is 2. The Morgan fingerprint density at radius 1 is 1.33 bits per heavy atom. The van der Waals surface area contributed by atoms with Crippen molar-refractivity contribution in [2.45, 2.75) is 52.6 Å². The van der Waals surface area contributed by atoms with Crippen LogP contribution in [-0.4, -0.2) is 27.8 Å². The summed E-state index contributed by atoms with van der Waals surface area (Å²) in [6, 6.07) is 0. The molecule has 0 aromatic carbocycles. The van der Waals surface area contributed by atoms with E-state index in [1.165, 1.54) is 12.8 Å². The number of imidazole rings is 1. The number of rotatable bonds is 10. The zero-order valence-electron chi connectivity index (χ0n) is 11.7. The van der Waals surface area contributed by atoms with Crippen molar-refractivity contribution in [1.82, 2.24) is 14.9 Å². The highest BCUT2D eigenvalue weighted by Gasteiger charge is 2.07. The lowest BCUT2D eigenvalue weighted by atomic mass is 10.0. The summed E-state index contributed by atoms with van der Waals surface area (Å²) in [5.41, 5.74) is 0. The average molecular weight is 253 g/mol. The van der Waals surface area contributed by atoms with E-state index < -0.39 is 0 Å². The molecule has 1 heterocycles. The fourth-order valence-electron chi connectivity index (χ4n) is 2.28. The van der Waals surface area contributed by atoms with Crippen molar-refractivity contribution >= 4 is 0 Å². The van der Waals surface area contributed by atoms with Crippen LogP contribution in [0, 0.1) is 5.92 Å². The SMILES string of the molecule is CCCC(CCO)CNCc1nccn1CCC. The second-order valence-corrected chi connectivity index (χ2v) is 4.83. The molecule has 0 aliphatic heterocycles. The maximum atomic E-state index is 9.02. The van der Waals surface area contributed by atoms with Crippen LogP contribution in [0.4, 0.5) is 0 Å². The Balaban J connectivity index is 2.32. The molecule has 4 nitrogen and oxygen atoms in total. The summed E-state index contributed by atoms with van der Waals surface area (Å²) in [5.74, 6) is 1.69. The van der Waals surface area contributed by atoms with Crippen LogP contribution >= 0.6 is 0 Å². The topological polar surface area (TPSA) is 50.1 Å². The van der Waals surface area contributed by atoms with E-state index in [4.69, 9.17) is 5.11 Å². The molecule has 0 spiro atoms. The molecule has 104 valence electrons. The lowest BCUT2D eigenvalue weighted by Crippen LogP contribution is -2.24. The van der Waals surface area contributed by atoms with Gasteiger partial charge in [0.05, 0.1) is 6.54 Å². The molecule has 0 saturated heterocycles. The molecule has 1 atom stereocenters. The van der Waals surface area contributed by atoms with Crippen LogP contribution in [0.25, 0.3) is 0 Å². The first-order valence-corrected chi connectivity index (χ1v) is 7.13. The Labute approximate surface area is 110 Å². The molecule has 0 amide bonds. The number of nitrogens with one attached hydrogen (secondary N) is 1. The lowest BCUT2D eigenvalue weighted by molar-refractivity contribution is 0.247. The Morgan fingerprint density at radius 3 is 2.83 bits per heavy atom. The number of aliphatic hydroxyl groups is 1. The third-order valence-electron chi connectivity index (χ3n) is 3.22. The van der Waals surface area contributed by atoms with Crippen molar-refractivity contribution in [3.05, 3.63) is 18.2 Å². The molecule has 1 unspecified atom stereocenters. The third-order valence-corrected chi connectivity index (χ3v) is 3.22. The summed E-state index contributed by atoms with van der Waals surface area (Å²) < 4.78 is 2.20. The average Bonchev–Trinajstić information content (AvgIpc) is 2.78. The number of hydrogen-bond donors (Lipinski definition) is 2. The summed E-state index contributed by atoms with van der Waals surface area (Å²) >= 11 is 0. The molecular formula is C14H27N3O. The van der Waals surface area contributed by atoms with E-state index in [9.17, 15) is 0 Å². The number of aromatic nitrogens is 2. The maximum absolute atomic E-state index is 9.02. The molecule has 1 rings (SSSR count). The highest BCUT2D eigenvalue weighted by atomic mass is 16.3. The van der Waals surface area contributed by atoms with Crippen LogP contribution in [0.1, 0.15) is 45.4 Å². The molecule has 0 aliphatic rings. The van der Waals surface area contributed by atoms with Crippen LogP contribution in [0.15, 0.2) is 12.4 Å².